The number of rotatable bonds is 3. The molecule has 1 heterocycles. The van der Waals surface area contributed by atoms with E-state index in [-0.39, 0.29) is 22.5 Å². The van der Waals surface area contributed by atoms with Gasteiger partial charge in [0.1, 0.15) is 11.3 Å². The maximum absolute atomic E-state index is 14.7. The Bertz CT molecular complexity index is 935. The van der Waals surface area contributed by atoms with Crippen LogP contribution in [0, 0.1) is 18.6 Å². The lowest BCUT2D eigenvalue weighted by Crippen LogP contribution is -2.15. The van der Waals surface area contributed by atoms with Crippen LogP contribution in [-0.4, -0.2) is 15.5 Å². The predicted molar refractivity (Wildman–Crippen MR) is 106 cm³/mol. The SMILES string of the molecule is CC.CC.Cc1ccc(Nc2c(C(N)=O)cc3c(ncn3C)c2F)c(F)c1. The summed E-state index contributed by atoms with van der Waals surface area (Å²) in [5, 5.41) is 2.62. The molecule has 5 nitrogen and oxygen atoms in total. The van der Waals surface area contributed by atoms with Gasteiger partial charge in [-0.2, -0.15) is 0 Å². The maximum Gasteiger partial charge on any atom is 0.251 e. The third kappa shape index (κ3) is 4.61. The number of halogens is 2. The van der Waals surface area contributed by atoms with E-state index in [0.717, 1.165) is 5.56 Å². The second-order valence-electron chi connectivity index (χ2n) is 5.31. The van der Waals surface area contributed by atoms with Crippen molar-refractivity contribution in [2.45, 2.75) is 34.6 Å². The number of nitrogens with two attached hydrogens (primary N) is 1. The molecular formula is C20H26F2N4O. The fourth-order valence-corrected chi connectivity index (χ4v) is 2.40. The lowest BCUT2D eigenvalue weighted by Gasteiger charge is -2.13. The van der Waals surface area contributed by atoms with E-state index in [1.54, 1.807) is 24.6 Å². The van der Waals surface area contributed by atoms with Crippen molar-refractivity contribution in [3.8, 4) is 0 Å². The molecular weight excluding hydrogens is 350 g/mol. The highest BCUT2D eigenvalue weighted by Crippen LogP contribution is 2.31. The van der Waals surface area contributed by atoms with Crippen molar-refractivity contribution in [2.75, 3.05) is 5.32 Å². The van der Waals surface area contributed by atoms with Crippen molar-refractivity contribution >= 4 is 28.3 Å². The van der Waals surface area contributed by atoms with Crippen LogP contribution in [0.3, 0.4) is 0 Å². The van der Waals surface area contributed by atoms with Crippen molar-refractivity contribution in [2.24, 2.45) is 12.8 Å². The first-order chi connectivity index (χ1) is 12.9. The Kier molecular flexibility index (Phi) is 7.90. The molecule has 1 amide bonds. The first kappa shape index (κ1) is 22.1. The number of aryl methyl sites for hydroxylation is 2. The van der Waals surface area contributed by atoms with Gasteiger partial charge in [0.25, 0.3) is 5.91 Å². The molecule has 0 saturated carbocycles. The number of hydrogen-bond donors (Lipinski definition) is 2. The monoisotopic (exact) mass is 376 g/mol. The minimum atomic E-state index is -0.818. The van der Waals surface area contributed by atoms with Gasteiger partial charge in [0.2, 0.25) is 0 Å². The molecule has 3 rings (SSSR count). The molecule has 0 saturated heterocycles. The van der Waals surface area contributed by atoms with Crippen LogP contribution in [0.15, 0.2) is 30.6 Å². The lowest BCUT2D eigenvalue weighted by atomic mass is 10.1. The molecule has 0 aliphatic rings. The van der Waals surface area contributed by atoms with Crippen molar-refractivity contribution in [1.82, 2.24) is 9.55 Å². The number of hydrogen-bond acceptors (Lipinski definition) is 3. The first-order valence-electron chi connectivity index (χ1n) is 8.85. The van der Waals surface area contributed by atoms with Crippen LogP contribution in [0.2, 0.25) is 0 Å². The first-order valence-corrected chi connectivity index (χ1v) is 8.85. The zero-order chi connectivity index (χ0) is 20.7. The van der Waals surface area contributed by atoms with E-state index in [0.29, 0.717) is 5.52 Å². The molecule has 3 aromatic rings. The predicted octanol–water partition coefficient (Wildman–Crippen LogP) is 5.05. The number of aromatic nitrogens is 2. The van der Waals surface area contributed by atoms with E-state index in [4.69, 9.17) is 5.73 Å². The number of amides is 1. The van der Waals surface area contributed by atoms with E-state index in [9.17, 15) is 13.6 Å². The Morgan fingerprint density at radius 1 is 1.15 bits per heavy atom. The molecule has 0 bridgehead atoms. The van der Waals surface area contributed by atoms with Gasteiger partial charge < -0.3 is 15.6 Å². The molecule has 0 spiro atoms. The summed E-state index contributed by atoms with van der Waals surface area (Å²) in [5.41, 5.74) is 6.35. The highest BCUT2D eigenvalue weighted by molar-refractivity contribution is 6.03. The van der Waals surface area contributed by atoms with Gasteiger partial charge in [-0.05, 0) is 30.7 Å². The number of carbonyl (C=O) groups is 1. The average molecular weight is 376 g/mol. The van der Waals surface area contributed by atoms with Crippen molar-refractivity contribution in [1.29, 1.82) is 0 Å². The molecule has 2 aromatic carbocycles. The molecule has 146 valence electrons. The number of benzene rings is 2. The second kappa shape index (κ2) is 9.66. The van der Waals surface area contributed by atoms with Crippen LogP contribution in [0.1, 0.15) is 43.6 Å². The standard InChI is InChI=1S/C16H14F2N4O.2C2H6/c1-8-3-4-11(10(17)5-8)21-14-9(16(19)23)6-12-15(13(14)18)20-7-22(12)2;2*1-2/h3-7,21H,1-2H3,(H2,19,23);2*1-2H3. The summed E-state index contributed by atoms with van der Waals surface area (Å²) in [6, 6.07) is 5.88. The Hall–Kier alpha value is -2.96. The quantitative estimate of drug-likeness (QED) is 0.671. The van der Waals surface area contributed by atoms with Crippen LogP contribution < -0.4 is 11.1 Å². The third-order valence-electron chi connectivity index (χ3n) is 3.61. The van der Waals surface area contributed by atoms with Crippen LogP contribution in [0.4, 0.5) is 20.2 Å². The summed E-state index contributed by atoms with van der Waals surface area (Å²) < 4.78 is 30.3. The van der Waals surface area contributed by atoms with Gasteiger partial charge in [0.05, 0.1) is 28.8 Å². The van der Waals surface area contributed by atoms with E-state index < -0.39 is 17.5 Å². The number of nitrogens with one attached hydrogen (secondary N) is 1. The zero-order valence-corrected chi connectivity index (χ0v) is 16.5. The minimum Gasteiger partial charge on any atom is -0.366 e. The molecule has 0 aliphatic heterocycles. The third-order valence-corrected chi connectivity index (χ3v) is 3.61. The summed E-state index contributed by atoms with van der Waals surface area (Å²) in [4.78, 5) is 15.6. The summed E-state index contributed by atoms with van der Waals surface area (Å²) in [5.74, 6) is -2.13. The average Bonchev–Trinajstić information content (AvgIpc) is 3.03. The van der Waals surface area contributed by atoms with Crippen LogP contribution in [-0.2, 0) is 7.05 Å². The van der Waals surface area contributed by atoms with Crippen molar-refractivity contribution in [3.63, 3.8) is 0 Å². The Labute approximate surface area is 158 Å². The molecule has 0 radical (unpaired) electrons. The van der Waals surface area contributed by atoms with Crippen molar-refractivity contribution in [3.05, 3.63) is 53.4 Å². The molecule has 27 heavy (non-hydrogen) atoms. The van der Waals surface area contributed by atoms with Gasteiger partial charge in [-0.3, -0.25) is 4.79 Å². The number of fused-ring (bicyclic) bond motifs is 1. The van der Waals surface area contributed by atoms with E-state index in [1.807, 2.05) is 27.7 Å². The fraction of sp³-hybridized carbons (Fsp3) is 0.300. The summed E-state index contributed by atoms with van der Waals surface area (Å²) in [6.07, 6.45) is 1.43. The molecule has 0 unspecified atom stereocenters. The van der Waals surface area contributed by atoms with E-state index in [2.05, 4.69) is 10.3 Å². The highest BCUT2D eigenvalue weighted by atomic mass is 19.1. The van der Waals surface area contributed by atoms with Gasteiger partial charge in [-0.25, -0.2) is 13.8 Å². The fourth-order valence-electron chi connectivity index (χ4n) is 2.40. The van der Waals surface area contributed by atoms with Crippen LogP contribution in [0.5, 0.6) is 0 Å². The van der Waals surface area contributed by atoms with E-state index in [1.165, 1.54) is 24.5 Å². The lowest BCUT2D eigenvalue weighted by molar-refractivity contribution is 0.100. The van der Waals surface area contributed by atoms with Crippen LogP contribution >= 0.6 is 0 Å². The Morgan fingerprint density at radius 2 is 1.78 bits per heavy atom. The molecule has 3 N–H and O–H groups in total. The topological polar surface area (TPSA) is 72.9 Å². The summed E-state index contributed by atoms with van der Waals surface area (Å²) >= 11 is 0. The normalized spacial score (nSPS) is 9.78. The van der Waals surface area contributed by atoms with Gasteiger partial charge in [-0.1, -0.05) is 33.8 Å². The maximum atomic E-state index is 14.7. The second-order valence-corrected chi connectivity index (χ2v) is 5.31. The molecule has 0 aliphatic carbocycles. The van der Waals surface area contributed by atoms with E-state index >= 15 is 0 Å². The molecule has 7 heteroatoms. The van der Waals surface area contributed by atoms with Gasteiger partial charge >= 0.3 is 0 Å². The molecule has 1 aromatic heterocycles. The Morgan fingerprint density at radius 3 is 2.33 bits per heavy atom. The minimum absolute atomic E-state index is 0.0484. The smallest absolute Gasteiger partial charge is 0.251 e. The Balaban J connectivity index is 0.000000855. The van der Waals surface area contributed by atoms with Gasteiger partial charge in [0.15, 0.2) is 5.82 Å². The van der Waals surface area contributed by atoms with Crippen molar-refractivity contribution < 1.29 is 13.6 Å². The number of imidazole rings is 1. The summed E-state index contributed by atoms with van der Waals surface area (Å²) in [7, 11) is 1.67. The number of anilines is 2. The highest BCUT2D eigenvalue weighted by Gasteiger charge is 2.20. The largest absolute Gasteiger partial charge is 0.366 e. The number of nitrogens with zero attached hydrogens (tertiary/aromatic N) is 2. The van der Waals surface area contributed by atoms with Gasteiger partial charge in [0, 0.05) is 7.05 Å². The van der Waals surface area contributed by atoms with Crippen LogP contribution in [0.25, 0.3) is 11.0 Å². The van der Waals surface area contributed by atoms with Gasteiger partial charge in [-0.15, -0.1) is 0 Å². The molecule has 0 fully saturated rings. The molecule has 0 atom stereocenters. The zero-order valence-electron chi connectivity index (χ0n) is 16.5. The number of carbonyl (C=O) groups excluding carboxylic acids is 1. The number of primary amides is 1. The summed E-state index contributed by atoms with van der Waals surface area (Å²) in [6.45, 7) is 9.74.